The molecule has 1 heterocycles. The minimum atomic E-state index is -3.75. The molecule has 0 unspecified atom stereocenters. The van der Waals surface area contributed by atoms with Crippen LogP contribution in [0.15, 0.2) is 78.0 Å². The van der Waals surface area contributed by atoms with Crippen molar-refractivity contribution in [3.05, 3.63) is 84.1 Å². The van der Waals surface area contributed by atoms with E-state index in [0.717, 1.165) is 11.1 Å². The van der Waals surface area contributed by atoms with Crippen LogP contribution in [0.4, 0.5) is 0 Å². The van der Waals surface area contributed by atoms with Gasteiger partial charge in [0.2, 0.25) is 23.7 Å². The van der Waals surface area contributed by atoms with Crippen LogP contribution in [0.3, 0.4) is 0 Å². The van der Waals surface area contributed by atoms with Gasteiger partial charge in [-0.05, 0) is 32.6 Å². The summed E-state index contributed by atoms with van der Waals surface area (Å²) < 4.78 is 30.7. The van der Waals surface area contributed by atoms with Crippen LogP contribution >= 0.6 is 0 Å². The number of sulfonamides is 1. The smallest absolute Gasteiger partial charge is 0.242 e. The maximum Gasteiger partial charge on any atom is 0.242 e. The topological polar surface area (TPSA) is 55.2 Å². The zero-order chi connectivity index (χ0) is 21.7. The van der Waals surface area contributed by atoms with E-state index in [-0.39, 0.29) is 24.8 Å². The predicted octanol–water partition coefficient (Wildman–Crippen LogP) is 4.26. The summed E-state index contributed by atoms with van der Waals surface area (Å²) in [7, 11) is -3.75. The van der Waals surface area contributed by atoms with E-state index < -0.39 is 10.0 Å². The zero-order valence-corrected chi connectivity index (χ0v) is 19.0. The molecule has 0 spiro atoms. The Morgan fingerprint density at radius 2 is 1.33 bits per heavy atom. The van der Waals surface area contributed by atoms with Gasteiger partial charge in [0.05, 0.1) is 0 Å². The number of benzene rings is 2. The van der Waals surface area contributed by atoms with Gasteiger partial charge in [-0.15, -0.1) is 0 Å². The number of aromatic nitrogens is 2. The van der Waals surface area contributed by atoms with Crippen molar-refractivity contribution in [1.29, 1.82) is 0 Å². The van der Waals surface area contributed by atoms with Crippen LogP contribution in [0.2, 0.25) is 13.6 Å². The normalized spacial score (nSPS) is 11.8. The Morgan fingerprint density at radius 3 is 1.73 bits per heavy atom. The van der Waals surface area contributed by atoms with Gasteiger partial charge in [0.25, 0.3) is 0 Å². The van der Waals surface area contributed by atoms with Crippen molar-refractivity contribution in [2.24, 2.45) is 0 Å². The first-order valence-electron chi connectivity index (χ1n) is 10.5. The second-order valence-electron chi connectivity index (χ2n) is 8.14. The number of nitrogens with zero attached hydrogens (tertiary/aromatic N) is 3. The second-order valence-corrected chi connectivity index (χ2v) is 9.93. The molecule has 0 aliphatic carbocycles. The van der Waals surface area contributed by atoms with Crippen LogP contribution in [-0.2, 0) is 22.7 Å². The molecular formula is C22H29B2N3O2S. The van der Waals surface area contributed by atoms with Crippen molar-refractivity contribution in [2.45, 2.75) is 51.2 Å². The molecule has 0 aliphatic rings. The molecule has 3 rings (SSSR count). The van der Waals surface area contributed by atoms with E-state index in [4.69, 9.17) is 0 Å². The highest BCUT2D eigenvalue weighted by Crippen LogP contribution is 2.21. The van der Waals surface area contributed by atoms with Gasteiger partial charge in [0.15, 0.2) is 5.03 Å². The molecule has 0 N–H and O–H groups in total. The highest BCUT2D eigenvalue weighted by atomic mass is 32.2. The molecule has 156 valence electrons. The zero-order valence-electron chi connectivity index (χ0n) is 18.1. The molecule has 0 aliphatic heterocycles. The summed E-state index contributed by atoms with van der Waals surface area (Å²) in [5.74, 6) is 0. The standard InChI is InChI=1S/C22H29B2N3O2S/c1-19(2)26-16-15-22(25-26)30(28,29)27(23(3)17-20-11-7-5-8-12-20)24(4)18-21-13-9-6-10-14-21/h5-16,19H,17-18H2,1-4H3. The van der Waals surface area contributed by atoms with Crippen LogP contribution in [0.1, 0.15) is 31.0 Å². The van der Waals surface area contributed by atoms with Gasteiger partial charge < -0.3 is 0 Å². The third kappa shape index (κ3) is 5.24. The molecular weight excluding hydrogens is 392 g/mol. The summed E-state index contributed by atoms with van der Waals surface area (Å²) in [6.45, 7) is 7.51. The molecule has 0 fully saturated rings. The van der Waals surface area contributed by atoms with E-state index in [1.165, 1.54) is 0 Å². The average Bonchev–Trinajstić information content (AvgIpc) is 3.21. The Balaban J connectivity index is 1.94. The quantitative estimate of drug-likeness (QED) is 0.486. The van der Waals surface area contributed by atoms with Gasteiger partial charge in [-0.3, -0.25) is 8.81 Å². The third-order valence-electron chi connectivity index (χ3n) is 5.27. The summed E-state index contributed by atoms with van der Waals surface area (Å²) in [6, 6.07) is 21.7. The first-order valence-corrected chi connectivity index (χ1v) is 11.9. The lowest BCUT2D eigenvalue weighted by atomic mass is 9.48. The first kappa shape index (κ1) is 22.4. The van der Waals surface area contributed by atoms with Gasteiger partial charge in [-0.25, -0.2) is 8.42 Å². The summed E-state index contributed by atoms with van der Waals surface area (Å²) in [6.07, 6.45) is 3.02. The number of hydrogen-bond acceptors (Lipinski definition) is 3. The SMILES string of the molecule is CB(Cc1ccccc1)N(B(C)Cc1ccccc1)S(=O)(=O)c1ccn(C(C)C)n1. The van der Waals surface area contributed by atoms with Crippen molar-refractivity contribution in [2.75, 3.05) is 0 Å². The molecule has 3 aromatic rings. The molecule has 2 aromatic carbocycles. The summed E-state index contributed by atoms with van der Waals surface area (Å²) >= 11 is 0. The fraction of sp³-hybridized carbons (Fsp3) is 0.318. The maximum atomic E-state index is 13.7. The Kier molecular flexibility index (Phi) is 7.21. The number of rotatable bonds is 9. The molecule has 1 aromatic heterocycles. The van der Waals surface area contributed by atoms with E-state index >= 15 is 0 Å². The molecule has 0 saturated carbocycles. The molecule has 8 heteroatoms. The van der Waals surface area contributed by atoms with Gasteiger partial charge >= 0.3 is 0 Å². The lowest BCUT2D eigenvalue weighted by Crippen LogP contribution is -2.52. The second kappa shape index (κ2) is 9.67. The van der Waals surface area contributed by atoms with Crippen molar-refractivity contribution in [1.82, 2.24) is 13.9 Å². The van der Waals surface area contributed by atoms with Gasteiger partial charge in [0.1, 0.15) is 0 Å². The molecule has 5 nitrogen and oxygen atoms in total. The first-order chi connectivity index (χ1) is 14.3. The Bertz CT molecular complexity index is 993. The van der Waals surface area contributed by atoms with E-state index in [2.05, 4.69) is 5.10 Å². The van der Waals surface area contributed by atoms with Crippen LogP contribution in [0, 0.1) is 0 Å². The monoisotopic (exact) mass is 421 g/mol. The molecule has 0 atom stereocenters. The summed E-state index contributed by atoms with van der Waals surface area (Å²) in [4.78, 5) is 0. The van der Waals surface area contributed by atoms with Crippen molar-refractivity contribution in [3.8, 4) is 0 Å². The fourth-order valence-electron chi connectivity index (χ4n) is 3.85. The average molecular weight is 421 g/mol. The van der Waals surface area contributed by atoms with E-state index in [9.17, 15) is 8.42 Å². The lowest BCUT2D eigenvalue weighted by molar-refractivity contribution is 0.512. The molecule has 0 saturated heterocycles. The van der Waals surface area contributed by atoms with Crippen molar-refractivity contribution < 1.29 is 8.42 Å². The molecule has 0 bridgehead atoms. The predicted molar refractivity (Wildman–Crippen MR) is 125 cm³/mol. The van der Waals surface area contributed by atoms with Gasteiger partial charge in [0, 0.05) is 12.2 Å². The molecule has 0 radical (unpaired) electrons. The van der Waals surface area contributed by atoms with Crippen molar-refractivity contribution >= 4 is 23.7 Å². The summed E-state index contributed by atoms with van der Waals surface area (Å²) in [5.41, 5.74) is 2.23. The van der Waals surface area contributed by atoms with Gasteiger partial charge in [-0.2, -0.15) is 5.10 Å². The summed E-state index contributed by atoms with van der Waals surface area (Å²) in [5, 5.41) is 4.48. The van der Waals surface area contributed by atoms with E-state index in [1.54, 1.807) is 21.1 Å². The minimum absolute atomic E-state index is 0.103. The maximum absolute atomic E-state index is 13.7. The number of hydrogen-bond donors (Lipinski definition) is 0. The highest BCUT2D eigenvalue weighted by Gasteiger charge is 2.38. The van der Waals surface area contributed by atoms with Gasteiger partial charge in [-0.1, -0.05) is 85.4 Å². The van der Waals surface area contributed by atoms with Crippen LogP contribution < -0.4 is 0 Å². The molecule has 0 amide bonds. The minimum Gasteiger partial charge on any atom is -0.276 e. The Labute approximate surface area is 181 Å². The van der Waals surface area contributed by atoms with E-state index in [0.29, 0.717) is 12.6 Å². The molecule has 30 heavy (non-hydrogen) atoms. The Hall–Kier alpha value is -2.31. The van der Waals surface area contributed by atoms with Crippen LogP contribution in [0.25, 0.3) is 0 Å². The van der Waals surface area contributed by atoms with Crippen LogP contribution in [0.5, 0.6) is 0 Å². The van der Waals surface area contributed by atoms with Crippen molar-refractivity contribution in [3.63, 3.8) is 0 Å². The third-order valence-corrected chi connectivity index (χ3v) is 7.29. The lowest BCUT2D eigenvalue weighted by Gasteiger charge is -2.30. The van der Waals surface area contributed by atoms with Crippen LogP contribution in [-0.4, -0.2) is 36.0 Å². The Morgan fingerprint density at radius 1 is 0.867 bits per heavy atom. The van der Waals surface area contributed by atoms with E-state index in [1.807, 2.05) is 88.2 Å². The highest BCUT2D eigenvalue weighted by molar-refractivity contribution is 7.91. The largest absolute Gasteiger partial charge is 0.276 e. The fourth-order valence-corrected chi connectivity index (χ4v) is 5.60.